The van der Waals surface area contributed by atoms with Crippen LogP contribution in [0.15, 0.2) is 24.3 Å². The summed E-state index contributed by atoms with van der Waals surface area (Å²) in [6, 6.07) is 3.95. The Balaban J connectivity index is 2.98. The number of carbonyl (C=O) groups excluding carboxylic acids is 1. The van der Waals surface area contributed by atoms with Gasteiger partial charge in [-0.1, -0.05) is 12.1 Å². The van der Waals surface area contributed by atoms with Crippen LogP contribution in [-0.2, 0) is 9.59 Å². The van der Waals surface area contributed by atoms with Gasteiger partial charge in [-0.3, -0.25) is 4.79 Å². The van der Waals surface area contributed by atoms with Crippen molar-refractivity contribution in [2.45, 2.75) is 19.6 Å². The van der Waals surface area contributed by atoms with Gasteiger partial charge in [0, 0.05) is 14.0 Å². The van der Waals surface area contributed by atoms with Crippen LogP contribution in [0.4, 0.5) is 8.78 Å². The van der Waals surface area contributed by atoms with E-state index in [2.05, 4.69) is 4.74 Å². The molecule has 0 heterocycles. The van der Waals surface area contributed by atoms with Crippen LogP contribution in [0.1, 0.15) is 18.5 Å². The number of hydrogen-bond donors (Lipinski definition) is 1. The zero-order valence-corrected chi connectivity index (χ0v) is 10.3. The minimum Gasteiger partial charge on any atom is -0.479 e. The molecule has 1 aromatic rings. The lowest BCUT2D eigenvalue weighted by atomic mass is 10.1. The molecule has 0 fully saturated rings. The normalized spacial score (nSPS) is 12.1. The van der Waals surface area contributed by atoms with Gasteiger partial charge in [-0.25, -0.2) is 4.79 Å². The Hall–Kier alpha value is -2.18. The smallest absolute Gasteiger partial charge is 0.387 e. The third-order valence-corrected chi connectivity index (χ3v) is 2.54. The number of nitrogens with zero attached hydrogens (tertiary/aromatic N) is 1. The Labute approximate surface area is 108 Å². The van der Waals surface area contributed by atoms with Gasteiger partial charge in [-0.15, -0.1) is 0 Å². The van der Waals surface area contributed by atoms with Gasteiger partial charge in [-0.05, 0) is 17.7 Å². The molecule has 0 aliphatic carbocycles. The summed E-state index contributed by atoms with van der Waals surface area (Å²) < 4.78 is 28.1. The second kappa shape index (κ2) is 6.12. The topological polar surface area (TPSA) is 66.8 Å². The zero-order valence-electron chi connectivity index (χ0n) is 10.3. The summed E-state index contributed by atoms with van der Waals surface area (Å²) in [7, 11) is 1.35. The van der Waals surface area contributed by atoms with E-state index in [9.17, 15) is 18.4 Å². The quantitative estimate of drug-likeness (QED) is 0.889. The van der Waals surface area contributed by atoms with Crippen molar-refractivity contribution in [1.82, 2.24) is 4.90 Å². The average Bonchev–Trinajstić information content (AvgIpc) is 2.30. The predicted molar refractivity (Wildman–Crippen MR) is 61.9 cm³/mol. The summed E-state index contributed by atoms with van der Waals surface area (Å²) in [6.45, 7) is -1.70. The Morgan fingerprint density at radius 1 is 1.26 bits per heavy atom. The number of hydrogen-bond acceptors (Lipinski definition) is 3. The van der Waals surface area contributed by atoms with E-state index >= 15 is 0 Å². The Bertz CT molecular complexity index is 461. The molecular weight excluding hydrogens is 260 g/mol. The van der Waals surface area contributed by atoms with Crippen molar-refractivity contribution in [1.29, 1.82) is 0 Å². The van der Waals surface area contributed by atoms with Crippen LogP contribution in [0.25, 0.3) is 0 Å². The standard InChI is InChI=1S/C12H13F2NO4/c1-7(16)15(2)10(11(17)18)8-3-5-9(6-4-8)19-12(13)14/h3-6,10,12H,1-2H3,(H,17,18). The highest BCUT2D eigenvalue weighted by Gasteiger charge is 2.26. The van der Waals surface area contributed by atoms with Gasteiger partial charge < -0.3 is 14.7 Å². The Morgan fingerprint density at radius 2 is 1.79 bits per heavy atom. The maximum Gasteiger partial charge on any atom is 0.387 e. The van der Waals surface area contributed by atoms with Crippen molar-refractivity contribution in [3.05, 3.63) is 29.8 Å². The van der Waals surface area contributed by atoms with Crippen molar-refractivity contribution in [3.63, 3.8) is 0 Å². The second-order valence-electron chi connectivity index (χ2n) is 3.82. The summed E-state index contributed by atoms with van der Waals surface area (Å²) in [5.41, 5.74) is 0.298. The zero-order chi connectivity index (χ0) is 14.6. The molecule has 0 aromatic heterocycles. The van der Waals surface area contributed by atoms with Gasteiger partial charge in [0.2, 0.25) is 5.91 Å². The molecular formula is C12H13F2NO4. The highest BCUT2D eigenvalue weighted by molar-refractivity contribution is 5.83. The van der Waals surface area contributed by atoms with Crippen LogP contribution in [0.5, 0.6) is 5.75 Å². The predicted octanol–water partition coefficient (Wildman–Crippen LogP) is 1.89. The lowest BCUT2D eigenvalue weighted by Gasteiger charge is -2.23. The number of alkyl halides is 2. The molecule has 1 N–H and O–H groups in total. The van der Waals surface area contributed by atoms with E-state index < -0.39 is 24.5 Å². The first-order valence-electron chi connectivity index (χ1n) is 5.34. The molecule has 0 bridgehead atoms. The molecule has 0 radical (unpaired) electrons. The molecule has 1 unspecified atom stereocenters. The molecule has 0 aliphatic rings. The van der Waals surface area contributed by atoms with E-state index in [0.29, 0.717) is 5.56 Å². The van der Waals surface area contributed by atoms with Crippen molar-refractivity contribution < 1.29 is 28.2 Å². The molecule has 1 amide bonds. The van der Waals surface area contributed by atoms with Gasteiger partial charge in [-0.2, -0.15) is 8.78 Å². The Morgan fingerprint density at radius 3 is 2.16 bits per heavy atom. The number of rotatable bonds is 5. The van der Waals surface area contributed by atoms with Crippen LogP contribution in [0, 0.1) is 0 Å². The van der Waals surface area contributed by atoms with Crippen LogP contribution in [0.2, 0.25) is 0 Å². The van der Waals surface area contributed by atoms with Gasteiger partial charge in [0.1, 0.15) is 5.75 Å². The summed E-state index contributed by atoms with van der Waals surface area (Å²) >= 11 is 0. The number of aliphatic carboxylic acids is 1. The van der Waals surface area contributed by atoms with Gasteiger partial charge >= 0.3 is 12.6 Å². The fraction of sp³-hybridized carbons (Fsp3) is 0.333. The molecule has 0 saturated carbocycles. The minimum atomic E-state index is -2.94. The largest absolute Gasteiger partial charge is 0.479 e. The number of carbonyl (C=O) groups is 2. The SMILES string of the molecule is CC(=O)N(C)C(C(=O)O)c1ccc(OC(F)F)cc1. The third-order valence-electron chi connectivity index (χ3n) is 2.54. The summed E-state index contributed by atoms with van der Waals surface area (Å²) in [5, 5.41) is 9.12. The first-order valence-corrected chi connectivity index (χ1v) is 5.34. The lowest BCUT2D eigenvalue weighted by Crippen LogP contribution is -2.34. The number of amides is 1. The molecule has 1 aromatic carbocycles. The molecule has 1 atom stereocenters. The monoisotopic (exact) mass is 273 g/mol. The number of benzene rings is 1. The molecule has 1 rings (SSSR count). The van der Waals surface area contributed by atoms with Crippen LogP contribution in [0.3, 0.4) is 0 Å². The maximum atomic E-state index is 12.0. The highest BCUT2D eigenvalue weighted by atomic mass is 19.3. The van der Waals surface area contributed by atoms with Crippen LogP contribution in [-0.4, -0.2) is 35.5 Å². The van der Waals surface area contributed by atoms with Gasteiger partial charge in [0.25, 0.3) is 0 Å². The van der Waals surface area contributed by atoms with Crippen molar-refractivity contribution in [3.8, 4) is 5.75 Å². The van der Waals surface area contributed by atoms with Crippen molar-refractivity contribution >= 4 is 11.9 Å². The molecule has 19 heavy (non-hydrogen) atoms. The maximum absolute atomic E-state index is 12.0. The second-order valence-corrected chi connectivity index (χ2v) is 3.82. The van der Waals surface area contributed by atoms with E-state index in [1.54, 1.807) is 0 Å². The summed E-state index contributed by atoms with van der Waals surface area (Å²) in [4.78, 5) is 23.4. The van der Waals surface area contributed by atoms with E-state index in [-0.39, 0.29) is 5.75 Å². The number of carboxylic acids is 1. The van der Waals surface area contributed by atoms with E-state index in [0.717, 1.165) is 4.90 Å². The molecule has 7 heteroatoms. The summed E-state index contributed by atoms with van der Waals surface area (Å²) in [5.74, 6) is -1.70. The molecule has 0 spiro atoms. The average molecular weight is 273 g/mol. The third kappa shape index (κ3) is 3.90. The highest BCUT2D eigenvalue weighted by Crippen LogP contribution is 2.23. The van der Waals surface area contributed by atoms with Crippen LogP contribution < -0.4 is 4.74 Å². The summed E-state index contributed by atoms with van der Waals surface area (Å²) in [6.07, 6.45) is 0. The van der Waals surface area contributed by atoms with Gasteiger partial charge in [0.05, 0.1) is 0 Å². The van der Waals surface area contributed by atoms with E-state index in [1.165, 1.54) is 38.2 Å². The fourth-order valence-corrected chi connectivity index (χ4v) is 1.55. The Kier molecular flexibility index (Phi) is 4.80. The molecule has 5 nitrogen and oxygen atoms in total. The first kappa shape index (κ1) is 14.9. The lowest BCUT2D eigenvalue weighted by molar-refractivity contribution is -0.148. The van der Waals surface area contributed by atoms with E-state index in [4.69, 9.17) is 5.11 Å². The fourth-order valence-electron chi connectivity index (χ4n) is 1.55. The van der Waals surface area contributed by atoms with E-state index in [1.807, 2.05) is 0 Å². The number of carboxylic acid groups (broad SMARTS) is 1. The molecule has 0 saturated heterocycles. The first-order chi connectivity index (χ1) is 8.82. The minimum absolute atomic E-state index is 0.0756. The number of ether oxygens (including phenoxy) is 1. The number of halogens is 2. The number of likely N-dealkylation sites (N-methyl/N-ethyl adjacent to an activating group) is 1. The van der Waals surface area contributed by atoms with Gasteiger partial charge in [0.15, 0.2) is 6.04 Å². The molecule has 104 valence electrons. The van der Waals surface area contributed by atoms with Crippen molar-refractivity contribution in [2.75, 3.05) is 7.05 Å². The molecule has 0 aliphatic heterocycles. The van der Waals surface area contributed by atoms with Crippen molar-refractivity contribution in [2.24, 2.45) is 0 Å². The van der Waals surface area contributed by atoms with Crippen LogP contribution >= 0.6 is 0 Å².